The van der Waals surface area contributed by atoms with Crippen LogP contribution in [0.1, 0.15) is 17.2 Å². The number of hydrogen-bond acceptors (Lipinski definition) is 3. The van der Waals surface area contributed by atoms with Gasteiger partial charge in [-0.3, -0.25) is 4.79 Å². The minimum absolute atomic E-state index is 0.212. The molecule has 0 aliphatic carbocycles. The van der Waals surface area contributed by atoms with Crippen molar-refractivity contribution in [2.75, 3.05) is 13.7 Å². The van der Waals surface area contributed by atoms with E-state index in [4.69, 9.17) is 16.3 Å². The van der Waals surface area contributed by atoms with Crippen molar-refractivity contribution in [3.63, 3.8) is 0 Å². The Morgan fingerprint density at radius 1 is 1.53 bits per heavy atom. The molecule has 1 aromatic carbocycles. The van der Waals surface area contributed by atoms with Crippen molar-refractivity contribution < 1.29 is 19.4 Å². The number of carboxylic acid groups (broad SMARTS) is 1. The van der Waals surface area contributed by atoms with Gasteiger partial charge in [0.25, 0.3) is 0 Å². The van der Waals surface area contributed by atoms with Crippen LogP contribution in [0.3, 0.4) is 0 Å². The molecule has 1 aliphatic rings. The average molecular weight is 284 g/mol. The Labute approximate surface area is 115 Å². The van der Waals surface area contributed by atoms with Gasteiger partial charge in [0.1, 0.15) is 6.61 Å². The zero-order valence-electron chi connectivity index (χ0n) is 10.6. The highest BCUT2D eigenvalue weighted by atomic mass is 35.5. The zero-order chi connectivity index (χ0) is 14.2. The molecule has 102 valence electrons. The highest BCUT2D eigenvalue weighted by Crippen LogP contribution is 2.32. The molecule has 0 aromatic heterocycles. The molecule has 5 nitrogen and oxygen atoms in total. The van der Waals surface area contributed by atoms with E-state index in [1.807, 2.05) is 6.92 Å². The summed E-state index contributed by atoms with van der Waals surface area (Å²) in [6.45, 7) is 1.61. The third-order valence-electron chi connectivity index (χ3n) is 3.28. The lowest BCUT2D eigenvalue weighted by atomic mass is 9.94. The van der Waals surface area contributed by atoms with Gasteiger partial charge in [-0.15, -0.1) is 0 Å². The van der Waals surface area contributed by atoms with E-state index in [9.17, 15) is 14.7 Å². The van der Waals surface area contributed by atoms with Crippen molar-refractivity contribution in [3.8, 4) is 0 Å². The summed E-state index contributed by atoms with van der Waals surface area (Å²) in [5.41, 5.74) is 1.56. The molecule has 1 aliphatic heterocycles. The molecular weight excluding hydrogens is 270 g/mol. The second-order valence-corrected chi connectivity index (χ2v) is 4.96. The van der Waals surface area contributed by atoms with Crippen LogP contribution in [0.15, 0.2) is 18.2 Å². The largest absolute Gasteiger partial charge is 0.479 e. The van der Waals surface area contributed by atoms with Crippen LogP contribution >= 0.6 is 11.6 Å². The number of aryl methyl sites for hydroxylation is 1. The van der Waals surface area contributed by atoms with Gasteiger partial charge in [-0.2, -0.15) is 0 Å². The first-order chi connectivity index (χ1) is 8.91. The summed E-state index contributed by atoms with van der Waals surface area (Å²) in [6.07, 6.45) is -1.07. The molecule has 2 rings (SSSR count). The van der Waals surface area contributed by atoms with Crippen molar-refractivity contribution in [1.82, 2.24) is 4.90 Å². The van der Waals surface area contributed by atoms with Crippen LogP contribution in [-0.2, 0) is 14.3 Å². The minimum atomic E-state index is -1.08. The first-order valence-corrected chi connectivity index (χ1v) is 6.15. The van der Waals surface area contributed by atoms with E-state index in [1.54, 1.807) is 25.2 Å². The smallest absolute Gasteiger partial charge is 0.335 e. The number of nitrogens with zero attached hydrogens (tertiary/aromatic N) is 1. The van der Waals surface area contributed by atoms with Crippen LogP contribution in [0.25, 0.3) is 0 Å². The number of rotatable bonds is 2. The van der Waals surface area contributed by atoms with Crippen molar-refractivity contribution in [2.24, 2.45) is 0 Å². The Bertz CT molecular complexity index is 531. The minimum Gasteiger partial charge on any atom is -0.479 e. The number of likely N-dealkylation sites (N-methyl/N-ethyl adjacent to an activating group) is 1. The van der Waals surface area contributed by atoms with Crippen molar-refractivity contribution in [2.45, 2.75) is 19.1 Å². The number of carboxylic acids is 1. The molecule has 1 aromatic rings. The van der Waals surface area contributed by atoms with Crippen LogP contribution in [0, 0.1) is 6.92 Å². The van der Waals surface area contributed by atoms with Gasteiger partial charge in [-0.1, -0.05) is 17.7 Å². The Kier molecular flexibility index (Phi) is 3.78. The Hall–Kier alpha value is -1.59. The molecule has 0 bridgehead atoms. The van der Waals surface area contributed by atoms with Gasteiger partial charge in [0, 0.05) is 12.1 Å². The highest BCUT2D eigenvalue weighted by Gasteiger charge is 2.40. The third-order valence-corrected chi connectivity index (χ3v) is 3.51. The molecule has 19 heavy (non-hydrogen) atoms. The van der Waals surface area contributed by atoms with E-state index in [0.717, 1.165) is 11.1 Å². The predicted molar refractivity (Wildman–Crippen MR) is 69.1 cm³/mol. The molecule has 1 saturated heterocycles. The van der Waals surface area contributed by atoms with E-state index in [1.165, 1.54) is 4.90 Å². The number of carbonyl (C=O) groups excluding carboxylic acids is 1. The second kappa shape index (κ2) is 5.19. The number of amides is 1. The quantitative estimate of drug-likeness (QED) is 0.896. The average Bonchev–Trinajstić information content (AvgIpc) is 2.33. The number of halogens is 1. The Morgan fingerprint density at radius 3 is 2.79 bits per heavy atom. The maximum atomic E-state index is 11.7. The number of benzene rings is 1. The van der Waals surface area contributed by atoms with E-state index in [0.29, 0.717) is 5.02 Å². The maximum Gasteiger partial charge on any atom is 0.335 e. The summed E-state index contributed by atoms with van der Waals surface area (Å²) >= 11 is 5.89. The lowest BCUT2D eigenvalue weighted by Gasteiger charge is -2.37. The predicted octanol–water partition coefficient (Wildman–Crippen LogP) is 1.63. The van der Waals surface area contributed by atoms with Gasteiger partial charge in [-0.05, 0) is 30.2 Å². The molecule has 1 fully saturated rings. The number of carbonyl (C=O) groups is 2. The summed E-state index contributed by atoms with van der Waals surface area (Å²) in [6, 6.07) is 4.51. The molecule has 0 radical (unpaired) electrons. The third kappa shape index (κ3) is 2.57. The maximum absolute atomic E-state index is 11.7. The van der Waals surface area contributed by atoms with Gasteiger partial charge < -0.3 is 14.7 Å². The standard InChI is InChI=1S/C13H14ClNO4/c1-7-5-8(14)3-4-9(7)11-12(13(17)18)19-6-10(16)15(11)2/h3-5,11-12H,6H2,1-2H3,(H,17,18). The van der Waals surface area contributed by atoms with Crippen LogP contribution in [0.2, 0.25) is 5.02 Å². The SMILES string of the molecule is Cc1cc(Cl)ccc1C1C(C(=O)O)OCC(=O)N1C. The fourth-order valence-corrected chi connectivity index (χ4v) is 2.49. The zero-order valence-corrected chi connectivity index (χ0v) is 11.3. The van der Waals surface area contributed by atoms with Gasteiger partial charge in [0.15, 0.2) is 6.10 Å². The first kappa shape index (κ1) is 13.8. The van der Waals surface area contributed by atoms with E-state index in [-0.39, 0.29) is 12.5 Å². The van der Waals surface area contributed by atoms with Gasteiger partial charge in [-0.25, -0.2) is 4.79 Å². The van der Waals surface area contributed by atoms with E-state index >= 15 is 0 Å². The number of ether oxygens (including phenoxy) is 1. The van der Waals surface area contributed by atoms with E-state index in [2.05, 4.69) is 0 Å². The van der Waals surface area contributed by atoms with Crippen LogP contribution in [0.5, 0.6) is 0 Å². The lowest BCUT2D eigenvalue weighted by Crippen LogP contribution is -2.50. The summed E-state index contributed by atoms with van der Waals surface area (Å²) in [7, 11) is 1.58. The highest BCUT2D eigenvalue weighted by molar-refractivity contribution is 6.30. The van der Waals surface area contributed by atoms with Crippen LogP contribution in [0.4, 0.5) is 0 Å². The Morgan fingerprint density at radius 2 is 2.21 bits per heavy atom. The fraction of sp³-hybridized carbons (Fsp3) is 0.385. The summed E-state index contributed by atoms with van der Waals surface area (Å²) in [4.78, 5) is 24.4. The van der Waals surface area contributed by atoms with E-state index < -0.39 is 18.1 Å². The molecule has 2 atom stereocenters. The first-order valence-electron chi connectivity index (χ1n) is 5.78. The second-order valence-electron chi connectivity index (χ2n) is 4.52. The lowest BCUT2D eigenvalue weighted by molar-refractivity contribution is -0.171. The van der Waals surface area contributed by atoms with Crippen molar-refractivity contribution in [1.29, 1.82) is 0 Å². The van der Waals surface area contributed by atoms with Crippen molar-refractivity contribution in [3.05, 3.63) is 34.3 Å². The van der Waals surface area contributed by atoms with Crippen molar-refractivity contribution >= 4 is 23.5 Å². The molecule has 0 spiro atoms. The molecule has 1 heterocycles. The Balaban J connectivity index is 2.46. The molecule has 1 amide bonds. The van der Waals surface area contributed by atoms with Gasteiger partial charge in [0.2, 0.25) is 5.91 Å². The molecule has 1 N–H and O–H groups in total. The molecular formula is C13H14ClNO4. The molecule has 2 unspecified atom stereocenters. The van der Waals surface area contributed by atoms with Gasteiger partial charge >= 0.3 is 5.97 Å². The number of aliphatic carboxylic acids is 1. The number of morpholine rings is 1. The molecule has 0 saturated carbocycles. The monoisotopic (exact) mass is 283 g/mol. The van der Waals surface area contributed by atoms with Crippen LogP contribution < -0.4 is 0 Å². The topological polar surface area (TPSA) is 66.8 Å². The normalized spacial score (nSPS) is 23.5. The molecule has 6 heteroatoms. The fourth-order valence-electron chi connectivity index (χ4n) is 2.26. The van der Waals surface area contributed by atoms with Gasteiger partial charge in [0.05, 0.1) is 6.04 Å². The summed E-state index contributed by atoms with van der Waals surface area (Å²) in [5.74, 6) is -1.32. The van der Waals surface area contributed by atoms with Crippen LogP contribution in [-0.4, -0.2) is 41.6 Å². The number of hydrogen-bond donors (Lipinski definition) is 1. The summed E-state index contributed by atoms with van der Waals surface area (Å²) < 4.78 is 5.15. The summed E-state index contributed by atoms with van der Waals surface area (Å²) in [5, 5.41) is 9.80.